The van der Waals surface area contributed by atoms with Crippen molar-refractivity contribution in [2.75, 3.05) is 21.3 Å². The number of hydrogen-bond donors (Lipinski definition) is 3. The molecule has 8 heteroatoms. The summed E-state index contributed by atoms with van der Waals surface area (Å²) in [6.45, 7) is 1.90. The van der Waals surface area contributed by atoms with E-state index >= 15 is 0 Å². The van der Waals surface area contributed by atoms with Crippen molar-refractivity contribution in [2.45, 2.75) is 50.7 Å². The van der Waals surface area contributed by atoms with E-state index in [0.717, 1.165) is 5.56 Å². The van der Waals surface area contributed by atoms with Crippen LogP contribution in [0.15, 0.2) is 28.7 Å². The number of carbonyl (C=O) groups excluding carboxylic acids is 2. The van der Waals surface area contributed by atoms with E-state index in [1.165, 1.54) is 13.1 Å². The Balaban J connectivity index is 1.92. The monoisotopic (exact) mass is 430 g/mol. The van der Waals surface area contributed by atoms with Gasteiger partial charge in [0.2, 0.25) is 0 Å². The van der Waals surface area contributed by atoms with Gasteiger partial charge in [0.05, 0.1) is 25.9 Å². The number of aliphatic hydroxyl groups excluding tert-OH is 1. The van der Waals surface area contributed by atoms with Gasteiger partial charge in [0, 0.05) is 25.1 Å². The van der Waals surface area contributed by atoms with E-state index in [4.69, 9.17) is 13.9 Å². The van der Waals surface area contributed by atoms with Crippen molar-refractivity contribution in [1.82, 2.24) is 10.6 Å². The summed E-state index contributed by atoms with van der Waals surface area (Å²) in [7, 11) is 4.63. The fourth-order valence-corrected chi connectivity index (χ4v) is 3.90. The summed E-state index contributed by atoms with van der Waals surface area (Å²) in [4.78, 5) is 25.3. The van der Waals surface area contributed by atoms with Gasteiger partial charge in [0.15, 0.2) is 17.3 Å². The molecule has 2 aromatic rings. The van der Waals surface area contributed by atoms with Crippen molar-refractivity contribution in [3.63, 3.8) is 0 Å². The minimum Gasteiger partial charge on any atom is -0.493 e. The molecular formula is C23H30N2O6. The number of furan rings is 1. The van der Waals surface area contributed by atoms with Crippen LogP contribution in [0.4, 0.5) is 0 Å². The van der Waals surface area contributed by atoms with Crippen molar-refractivity contribution in [3.8, 4) is 11.5 Å². The molecular weight excluding hydrogens is 400 g/mol. The highest BCUT2D eigenvalue weighted by Crippen LogP contribution is 2.35. The number of carbonyl (C=O) groups is 2. The lowest BCUT2D eigenvalue weighted by Gasteiger charge is -2.26. The van der Waals surface area contributed by atoms with Crippen molar-refractivity contribution in [2.24, 2.45) is 0 Å². The van der Waals surface area contributed by atoms with Crippen molar-refractivity contribution < 1.29 is 28.6 Å². The molecule has 0 bridgehead atoms. The predicted molar refractivity (Wildman–Crippen MR) is 115 cm³/mol. The fraction of sp³-hybridized carbons (Fsp3) is 0.478. The van der Waals surface area contributed by atoms with Gasteiger partial charge in [-0.1, -0.05) is 13.0 Å². The molecule has 3 rings (SSSR count). The number of nitrogens with one attached hydrogen (secondary N) is 2. The molecule has 1 aliphatic carbocycles. The van der Waals surface area contributed by atoms with Crippen molar-refractivity contribution in [3.05, 3.63) is 46.9 Å². The molecule has 1 saturated carbocycles. The van der Waals surface area contributed by atoms with Gasteiger partial charge in [-0.05, 0) is 43.4 Å². The molecule has 31 heavy (non-hydrogen) atoms. The molecule has 0 spiro atoms. The third-order valence-electron chi connectivity index (χ3n) is 5.79. The zero-order valence-corrected chi connectivity index (χ0v) is 18.4. The molecule has 1 aromatic carbocycles. The number of amides is 2. The summed E-state index contributed by atoms with van der Waals surface area (Å²) >= 11 is 0. The summed E-state index contributed by atoms with van der Waals surface area (Å²) in [5.74, 6) is 0.640. The van der Waals surface area contributed by atoms with Crippen molar-refractivity contribution in [1.29, 1.82) is 0 Å². The summed E-state index contributed by atoms with van der Waals surface area (Å²) < 4.78 is 16.5. The first-order valence-corrected chi connectivity index (χ1v) is 10.4. The molecule has 1 aliphatic rings. The van der Waals surface area contributed by atoms with Crippen LogP contribution in [0, 0.1) is 0 Å². The van der Waals surface area contributed by atoms with E-state index in [0.29, 0.717) is 48.5 Å². The summed E-state index contributed by atoms with van der Waals surface area (Å²) in [5.41, 5.74) is 1.18. The van der Waals surface area contributed by atoms with Gasteiger partial charge < -0.3 is 29.6 Å². The van der Waals surface area contributed by atoms with Gasteiger partial charge in [-0.2, -0.15) is 0 Å². The van der Waals surface area contributed by atoms with Gasteiger partial charge in [0.1, 0.15) is 5.76 Å². The third-order valence-corrected chi connectivity index (χ3v) is 5.79. The Morgan fingerprint density at radius 2 is 1.74 bits per heavy atom. The lowest BCUT2D eigenvalue weighted by molar-refractivity contribution is 0.0864. The maximum absolute atomic E-state index is 13.1. The second kappa shape index (κ2) is 9.87. The molecule has 0 aliphatic heterocycles. The number of ether oxygens (including phenoxy) is 2. The van der Waals surface area contributed by atoms with Gasteiger partial charge in [-0.25, -0.2) is 0 Å². The number of rotatable bonds is 7. The predicted octanol–water partition coefficient (Wildman–Crippen LogP) is 2.84. The quantitative estimate of drug-likeness (QED) is 0.623. The van der Waals surface area contributed by atoms with Crippen molar-refractivity contribution >= 4 is 11.8 Å². The minimum absolute atomic E-state index is 0.0153. The van der Waals surface area contributed by atoms with Crippen LogP contribution in [0.25, 0.3) is 0 Å². The Hall–Kier alpha value is -3.00. The number of benzene rings is 1. The van der Waals surface area contributed by atoms with E-state index in [9.17, 15) is 14.7 Å². The van der Waals surface area contributed by atoms with Crippen LogP contribution in [0.1, 0.15) is 70.8 Å². The minimum atomic E-state index is -0.402. The molecule has 0 saturated heterocycles. The molecule has 0 radical (unpaired) electrons. The molecule has 168 valence electrons. The van der Waals surface area contributed by atoms with E-state index in [-0.39, 0.29) is 29.7 Å². The van der Waals surface area contributed by atoms with Crippen LogP contribution < -0.4 is 20.1 Å². The number of methoxy groups -OCH3 is 2. The van der Waals surface area contributed by atoms with Gasteiger partial charge in [-0.15, -0.1) is 0 Å². The largest absolute Gasteiger partial charge is 0.493 e. The SMILES string of the molecule is CNC(=O)c1cc(C(=O)N[C@H]2CC[C@H](O)CC2)c([C@@H](C)c2ccc(OC)c(OC)c2)o1. The lowest BCUT2D eigenvalue weighted by atomic mass is 9.92. The molecule has 1 atom stereocenters. The molecule has 8 nitrogen and oxygen atoms in total. The highest BCUT2D eigenvalue weighted by atomic mass is 16.5. The van der Waals surface area contributed by atoms with Gasteiger partial charge >= 0.3 is 0 Å². The molecule has 1 heterocycles. The second-order valence-electron chi connectivity index (χ2n) is 7.78. The van der Waals surface area contributed by atoms with Crippen LogP contribution in [0.5, 0.6) is 11.5 Å². The smallest absolute Gasteiger partial charge is 0.286 e. The first-order chi connectivity index (χ1) is 14.9. The van der Waals surface area contributed by atoms with E-state index < -0.39 is 5.91 Å². The van der Waals surface area contributed by atoms with Crippen LogP contribution >= 0.6 is 0 Å². The Morgan fingerprint density at radius 1 is 1.06 bits per heavy atom. The first kappa shape index (κ1) is 22.7. The van der Waals surface area contributed by atoms with Gasteiger partial charge in [0.25, 0.3) is 11.8 Å². The summed E-state index contributed by atoms with van der Waals surface area (Å²) in [6, 6.07) is 6.96. The standard InChI is InChI=1S/C23H30N2O6/c1-13(14-5-10-18(29-3)19(11-14)30-4)21-17(12-20(31-21)23(28)24-2)22(27)25-15-6-8-16(26)9-7-15/h5,10-13,15-16,26H,6-9H2,1-4H3,(H,24,28)(H,25,27)/t13-,15-,16-/m0/s1. The van der Waals surface area contributed by atoms with Crippen LogP contribution in [-0.4, -0.2) is 50.3 Å². The Bertz CT molecular complexity index is 930. The molecule has 0 unspecified atom stereocenters. The normalized spacial score (nSPS) is 19.4. The Morgan fingerprint density at radius 3 is 2.35 bits per heavy atom. The maximum Gasteiger partial charge on any atom is 0.286 e. The molecule has 1 aromatic heterocycles. The Kier molecular flexibility index (Phi) is 7.22. The average Bonchev–Trinajstić information content (AvgIpc) is 3.24. The van der Waals surface area contributed by atoms with Crippen LogP contribution in [-0.2, 0) is 0 Å². The molecule has 3 N–H and O–H groups in total. The fourth-order valence-electron chi connectivity index (χ4n) is 3.90. The second-order valence-corrected chi connectivity index (χ2v) is 7.78. The highest BCUT2D eigenvalue weighted by Gasteiger charge is 2.28. The first-order valence-electron chi connectivity index (χ1n) is 10.4. The van der Waals surface area contributed by atoms with Crippen LogP contribution in [0.3, 0.4) is 0 Å². The van der Waals surface area contributed by atoms with Gasteiger partial charge in [-0.3, -0.25) is 9.59 Å². The number of hydrogen-bond acceptors (Lipinski definition) is 6. The zero-order valence-electron chi connectivity index (χ0n) is 18.4. The molecule has 1 fully saturated rings. The number of aliphatic hydroxyl groups is 1. The Labute approximate surface area is 181 Å². The highest BCUT2D eigenvalue weighted by molar-refractivity contribution is 5.99. The topological polar surface area (TPSA) is 110 Å². The average molecular weight is 431 g/mol. The maximum atomic E-state index is 13.1. The van der Waals surface area contributed by atoms with E-state index in [2.05, 4.69) is 10.6 Å². The summed E-state index contributed by atoms with van der Waals surface area (Å²) in [6.07, 6.45) is 2.45. The van der Waals surface area contributed by atoms with E-state index in [1.807, 2.05) is 19.1 Å². The van der Waals surface area contributed by atoms with Crippen LogP contribution in [0.2, 0.25) is 0 Å². The van der Waals surface area contributed by atoms with E-state index in [1.54, 1.807) is 20.3 Å². The zero-order chi connectivity index (χ0) is 22.5. The molecule has 2 amide bonds. The lowest BCUT2D eigenvalue weighted by Crippen LogP contribution is -2.38. The third kappa shape index (κ3) is 5.02. The summed E-state index contributed by atoms with van der Waals surface area (Å²) in [5, 5.41) is 15.3.